The zero-order valence-corrected chi connectivity index (χ0v) is 16.1. The maximum atomic E-state index is 12.7. The van der Waals surface area contributed by atoms with Crippen molar-refractivity contribution in [2.75, 3.05) is 17.2 Å². The molecule has 0 atom stereocenters. The number of esters is 1. The second-order valence-electron chi connectivity index (χ2n) is 6.55. The van der Waals surface area contributed by atoms with Crippen LogP contribution in [0, 0.1) is 6.92 Å². The molecule has 3 amide bonds. The van der Waals surface area contributed by atoms with Crippen LogP contribution in [0.1, 0.15) is 62.2 Å². The Labute approximate surface area is 166 Å². The molecular formula is C20H21N3O6. The number of hydrogen-bond acceptors (Lipinski definition) is 6. The van der Waals surface area contributed by atoms with E-state index in [1.807, 2.05) is 0 Å². The molecule has 0 radical (unpaired) electrons. The molecule has 0 bridgehead atoms. The van der Waals surface area contributed by atoms with Gasteiger partial charge in [-0.2, -0.15) is 0 Å². The van der Waals surface area contributed by atoms with Crippen LogP contribution in [0.25, 0.3) is 0 Å². The molecule has 0 saturated carbocycles. The first kappa shape index (κ1) is 20.1. The summed E-state index contributed by atoms with van der Waals surface area (Å²) < 4.78 is 10.4. The smallest absolute Gasteiger partial charge is 0.342 e. The Morgan fingerprint density at radius 1 is 1.24 bits per heavy atom. The van der Waals surface area contributed by atoms with E-state index in [1.54, 1.807) is 25.1 Å². The van der Waals surface area contributed by atoms with Crippen molar-refractivity contribution in [1.29, 1.82) is 0 Å². The third-order valence-corrected chi connectivity index (χ3v) is 4.53. The lowest BCUT2D eigenvalue weighted by molar-refractivity contribution is -0.116. The lowest BCUT2D eigenvalue weighted by Crippen LogP contribution is -2.20. The molecule has 0 aliphatic carbocycles. The van der Waals surface area contributed by atoms with Gasteiger partial charge in [-0.1, -0.05) is 0 Å². The van der Waals surface area contributed by atoms with Gasteiger partial charge in [0.1, 0.15) is 16.9 Å². The fourth-order valence-electron chi connectivity index (χ4n) is 3.21. The van der Waals surface area contributed by atoms with Gasteiger partial charge in [-0.15, -0.1) is 0 Å². The molecule has 0 saturated heterocycles. The Bertz CT molecular complexity index is 1010. The van der Waals surface area contributed by atoms with E-state index in [0.717, 1.165) is 5.56 Å². The summed E-state index contributed by atoms with van der Waals surface area (Å²) in [5.41, 5.74) is 6.86. The van der Waals surface area contributed by atoms with Crippen LogP contribution >= 0.6 is 0 Å². The Morgan fingerprint density at radius 3 is 2.69 bits per heavy atom. The second kappa shape index (κ2) is 8.17. The third kappa shape index (κ3) is 4.13. The predicted molar refractivity (Wildman–Crippen MR) is 104 cm³/mol. The van der Waals surface area contributed by atoms with Crippen LogP contribution in [-0.4, -0.2) is 30.3 Å². The fraction of sp³-hybridized carbons (Fsp3) is 0.300. The Morgan fingerprint density at radius 2 is 2.00 bits per heavy atom. The summed E-state index contributed by atoms with van der Waals surface area (Å²) in [6, 6.07) is 4.87. The van der Waals surface area contributed by atoms with Crippen LogP contribution in [-0.2, 0) is 16.0 Å². The minimum atomic E-state index is -0.926. The normalized spacial score (nSPS) is 13.1. The minimum absolute atomic E-state index is 0.0652. The van der Waals surface area contributed by atoms with Gasteiger partial charge in [-0.05, 0) is 50.5 Å². The number of rotatable bonds is 5. The number of nitrogens with one attached hydrogen (secondary N) is 2. The second-order valence-corrected chi connectivity index (χ2v) is 6.55. The largest absolute Gasteiger partial charge is 0.462 e. The average Bonchev–Trinajstić information content (AvgIpc) is 2.86. The Balaban J connectivity index is 1.90. The van der Waals surface area contributed by atoms with Crippen LogP contribution < -0.4 is 16.4 Å². The SMILES string of the molecule is CCOC(=O)c1c(C)oc(NC(=O)c2ccc3c(c2)CCCC(=O)N3)c1C(N)=O. The average molecular weight is 399 g/mol. The van der Waals surface area contributed by atoms with E-state index in [0.29, 0.717) is 30.5 Å². The molecule has 1 aromatic heterocycles. The summed E-state index contributed by atoms with van der Waals surface area (Å²) in [5, 5.41) is 5.29. The number of ether oxygens (including phenoxy) is 1. The van der Waals surface area contributed by atoms with Gasteiger partial charge in [0.15, 0.2) is 0 Å². The van der Waals surface area contributed by atoms with Gasteiger partial charge in [-0.25, -0.2) is 4.79 Å². The highest BCUT2D eigenvalue weighted by Crippen LogP contribution is 2.29. The first-order chi connectivity index (χ1) is 13.8. The minimum Gasteiger partial charge on any atom is -0.462 e. The number of furan rings is 1. The van der Waals surface area contributed by atoms with Crippen LogP contribution in [0.4, 0.5) is 11.6 Å². The molecule has 1 aliphatic rings. The van der Waals surface area contributed by atoms with Gasteiger partial charge < -0.3 is 20.2 Å². The molecule has 2 aromatic rings. The molecule has 9 nitrogen and oxygen atoms in total. The van der Waals surface area contributed by atoms with E-state index in [1.165, 1.54) is 6.92 Å². The van der Waals surface area contributed by atoms with Gasteiger partial charge >= 0.3 is 5.97 Å². The molecule has 1 aliphatic heterocycles. The maximum Gasteiger partial charge on any atom is 0.342 e. The number of primary amides is 1. The van der Waals surface area contributed by atoms with Crippen molar-refractivity contribution in [1.82, 2.24) is 0 Å². The zero-order chi connectivity index (χ0) is 21.1. The zero-order valence-electron chi connectivity index (χ0n) is 16.1. The first-order valence-electron chi connectivity index (χ1n) is 9.16. The number of anilines is 2. The Hall–Kier alpha value is -3.62. The molecule has 29 heavy (non-hydrogen) atoms. The van der Waals surface area contributed by atoms with Crippen molar-refractivity contribution in [2.24, 2.45) is 5.73 Å². The molecule has 0 fully saturated rings. The molecule has 9 heteroatoms. The standard InChI is InChI=1S/C20H21N3O6/c1-3-28-20(27)15-10(2)29-19(16(15)17(21)25)23-18(26)12-7-8-13-11(9-12)5-4-6-14(24)22-13/h7-9H,3-6H2,1-2H3,(H2,21,25)(H,22,24)(H,23,26). The fourth-order valence-corrected chi connectivity index (χ4v) is 3.21. The van der Waals surface area contributed by atoms with E-state index in [9.17, 15) is 19.2 Å². The molecule has 2 heterocycles. The third-order valence-electron chi connectivity index (χ3n) is 4.53. The molecule has 152 valence electrons. The van der Waals surface area contributed by atoms with Crippen LogP contribution in [0.15, 0.2) is 22.6 Å². The van der Waals surface area contributed by atoms with Crippen LogP contribution in [0.3, 0.4) is 0 Å². The number of benzene rings is 1. The van der Waals surface area contributed by atoms with Crippen molar-refractivity contribution >= 4 is 35.3 Å². The van der Waals surface area contributed by atoms with Gasteiger partial charge in [-0.3, -0.25) is 19.7 Å². The van der Waals surface area contributed by atoms with Crippen molar-refractivity contribution in [3.05, 3.63) is 46.2 Å². The van der Waals surface area contributed by atoms with E-state index in [-0.39, 0.29) is 35.3 Å². The van der Waals surface area contributed by atoms with E-state index in [2.05, 4.69) is 10.6 Å². The molecule has 3 rings (SSSR count). The number of amides is 3. The molecule has 0 unspecified atom stereocenters. The highest BCUT2D eigenvalue weighted by Gasteiger charge is 2.29. The Kier molecular flexibility index (Phi) is 5.67. The summed E-state index contributed by atoms with van der Waals surface area (Å²) in [4.78, 5) is 48.4. The number of carbonyl (C=O) groups excluding carboxylic acids is 4. The number of carbonyl (C=O) groups is 4. The summed E-state index contributed by atoms with van der Waals surface area (Å²) in [7, 11) is 0. The number of hydrogen-bond donors (Lipinski definition) is 3. The summed E-state index contributed by atoms with van der Waals surface area (Å²) in [6.07, 6.45) is 1.74. The van der Waals surface area contributed by atoms with Gasteiger partial charge in [0.2, 0.25) is 11.8 Å². The lowest BCUT2D eigenvalue weighted by atomic mass is 10.0. The van der Waals surface area contributed by atoms with E-state index in [4.69, 9.17) is 14.9 Å². The highest BCUT2D eigenvalue weighted by atomic mass is 16.5. The van der Waals surface area contributed by atoms with Gasteiger partial charge in [0.25, 0.3) is 11.8 Å². The monoisotopic (exact) mass is 399 g/mol. The molecule has 4 N–H and O–H groups in total. The van der Waals surface area contributed by atoms with E-state index >= 15 is 0 Å². The number of aryl methyl sites for hydroxylation is 2. The van der Waals surface area contributed by atoms with Crippen LogP contribution in [0.5, 0.6) is 0 Å². The summed E-state index contributed by atoms with van der Waals surface area (Å²) in [5.74, 6) is -2.41. The van der Waals surface area contributed by atoms with Crippen molar-refractivity contribution < 1.29 is 28.3 Å². The van der Waals surface area contributed by atoms with Crippen molar-refractivity contribution in [3.63, 3.8) is 0 Å². The van der Waals surface area contributed by atoms with Crippen molar-refractivity contribution in [2.45, 2.75) is 33.1 Å². The first-order valence-corrected chi connectivity index (χ1v) is 9.16. The van der Waals surface area contributed by atoms with Crippen LogP contribution in [0.2, 0.25) is 0 Å². The number of nitrogens with two attached hydrogens (primary N) is 1. The molecule has 1 aromatic carbocycles. The van der Waals surface area contributed by atoms with E-state index < -0.39 is 17.8 Å². The molecular weight excluding hydrogens is 378 g/mol. The molecule has 0 spiro atoms. The summed E-state index contributed by atoms with van der Waals surface area (Å²) in [6.45, 7) is 3.20. The quantitative estimate of drug-likeness (QED) is 0.659. The predicted octanol–water partition coefficient (Wildman–Crippen LogP) is 2.39. The van der Waals surface area contributed by atoms with Crippen molar-refractivity contribution in [3.8, 4) is 0 Å². The lowest BCUT2D eigenvalue weighted by Gasteiger charge is -2.09. The number of fused-ring (bicyclic) bond motifs is 1. The topological polar surface area (TPSA) is 141 Å². The summed E-state index contributed by atoms with van der Waals surface area (Å²) >= 11 is 0. The highest BCUT2D eigenvalue weighted by molar-refractivity contribution is 6.12. The maximum absolute atomic E-state index is 12.7. The van der Waals surface area contributed by atoms with Gasteiger partial charge in [0.05, 0.1) is 6.61 Å². The van der Waals surface area contributed by atoms with Gasteiger partial charge in [0, 0.05) is 17.7 Å².